The van der Waals surface area contributed by atoms with E-state index in [1.807, 2.05) is 61.5 Å². The second kappa shape index (κ2) is 9.14. The number of hydrogen-bond acceptors (Lipinski definition) is 4. The van der Waals surface area contributed by atoms with Gasteiger partial charge in [0.15, 0.2) is 5.69 Å². The summed E-state index contributed by atoms with van der Waals surface area (Å²) in [4.78, 5) is 14.4. The lowest BCUT2D eigenvalue weighted by Gasteiger charge is -2.20. The Morgan fingerprint density at radius 2 is 1.74 bits per heavy atom. The van der Waals surface area contributed by atoms with E-state index in [-0.39, 0.29) is 5.91 Å². The van der Waals surface area contributed by atoms with Gasteiger partial charge in [0.05, 0.1) is 0 Å². The summed E-state index contributed by atoms with van der Waals surface area (Å²) in [6.45, 7) is 3.64. The van der Waals surface area contributed by atoms with Crippen molar-refractivity contribution in [1.29, 1.82) is 0 Å². The Kier molecular flexibility index (Phi) is 6.39. The van der Waals surface area contributed by atoms with Gasteiger partial charge in [0.25, 0.3) is 5.91 Å². The SMILES string of the molecule is CCN(Cc1ccccc1)C(=O)c1ccc(NCc2ccccc2Cl)nn1. The lowest BCUT2D eigenvalue weighted by molar-refractivity contribution is 0.0745. The van der Waals surface area contributed by atoms with Crippen LogP contribution in [0.4, 0.5) is 5.82 Å². The molecule has 1 N–H and O–H groups in total. The van der Waals surface area contributed by atoms with Gasteiger partial charge in [0.2, 0.25) is 0 Å². The number of anilines is 1. The van der Waals surface area contributed by atoms with Crippen LogP contribution in [-0.2, 0) is 13.1 Å². The maximum atomic E-state index is 12.7. The first-order chi connectivity index (χ1) is 13.2. The van der Waals surface area contributed by atoms with Crippen LogP contribution in [0.15, 0.2) is 66.7 Å². The summed E-state index contributed by atoms with van der Waals surface area (Å²) in [5.74, 6) is 0.462. The normalized spacial score (nSPS) is 10.4. The smallest absolute Gasteiger partial charge is 0.274 e. The predicted octanol–water partition coefficient (Wildman–Crippen LogP) is 4.40. The highest BCUT2D eigenvalue weighted by atomic mass is 35.5. The number of hydrogen-bond donors (Lipinski definition) is 1. The second-order valence-electron chi connectivity index (χ2n) is 6.05. The molecule has 0 atom stereocenters. The topological polar surface area (TPSA) is 58.1 Å². The number of nitrogens with zero attached hydrogens (tertiary/aromatic N) is 3. The highest BCUT2D eigenvalue weighted by Crippen LogP contribution is 2.16. The van der Waals surface area contributed by atoms with Gasteiger partial charge in [-0.15, -0.1) is 10.2 Å². The molecule has 0 aliphatic carbocycles. The molecule has 3 rings (SSSR count). The molecule has 2 aromatic carbocycles. The summed E-state index contributed by atoms with van der Waals surface area (Å²) in [6.07, 6.45) is 0. The minimum atomic E-state index is -0.133. The first kappa shape index (κ1) is 18.9. The van der Waals surface area contributed by atoms with E-state index in [2.05, 4.69) is 15.5 Å². The Hall–Kier alpha value is -2.92. The minimum Gasteiger partial charge on any atom is -0.364 e. The summed E-state index contributed by atoms with van der Waals surface area (Å²) in [6, 6.07) is 21.0. The Morgan fingerprint density at radius 1 is 1.00 bits per heavy atom. The molecule has 0 fully saturated rings. The molecule has 138 valence electrons. The first-order valence-corrected chi connectivity index (χ1v) is 9.19. The van der Waals surface area contributed by atoms with Crippen molar-refractivity contribution < 1.29 is 4.79 Å². The Balaban J connectivity index is 1.63. The molecule has 0 saturated heterocycles. The largest absolute Gasteiger partial charge is 0.364 e. The minimum absolute atomic E-state index is 0.133. The van der Waals surface area contributed by atoms with Gasteiger partial charge in [-0.1, -0.05) is 60.1 Å². The highest BCUT2D eigenvalue weighted by Gasteiger charge is 2.16. The molecule has 0 aliphatic rings. The van der Waals surface area contributed by atoms with E-state index in [9.17, 15) is 4.79 Å². The van der Waals surface area contributed by atoms with E-state index in [0.717, 1.165) is 11.1 Å². The Bertz CT molecular complexity index is 884. The van der Waals surface area contributed by atoms with Crippen LogP contribution in [0.2, 0.25) is 5.02 Å². The Morgan fingerprint density at radius 3 is 2.41 bits per heavy atom. The van der Waals surface area contributed by atoms with Gasteiger partial charge in [0, 0.05) is 24.7 Å². The maximum absolute atomic E-state index is 12.7. The van der Waals surface area contributed by atoms with Crippen LogP contribution in [0.1, 0.15) is 28.5 Å². The molecule has 0 unspecified atom stereocenters. The summed E-state index contributed by atoms with van der Waals surface area (Å²) in [5.41, 5.74) is 2.39. The molecule has 27 heavy (non-hydrogen) atoms. The van der Waals surface area contributed by atoms with Crippen LogP contribution in [-0.4, -0.2) is 27.5 Å². The van der Waals surface area contributed by atoms with Gasteiger partial charge in [-0.25, -0.2) is 0 Å². The highest BCUT2D eigenvalue weighted by molar-refractivity contribution is 6.31. The molecule has 0 aliphatic heterocycles. The fourth-order valence-corrected chi connectivity index (χ4v) is 2.86. The number of rotatable bonds is 7. The molecular formula is C21H21ClN4O. The fourth-order valence-electron chi connectivity index (χ4n) is 2.66. The third kappa shape index (κ3) is 5.05. The summed E-state index contributed by atoms with van der Waals surface area (Å²) in [7, 11) is 0. The number of halogens is 1. The van der Waals surface area contributed by atoms with Gasteiger partial charge in [-0.2, -0.15) is 0 Å². The number of nitrogens with one attached hydrogen (secondary N) is 1. The van der Waals surface area contributed by atoms with Crippen LogP contribution in [0.3, 0.4) is 0 Å². The molecule has 6 heteroatoms. The van der Waals surface area contributed by atoms with Crippen molar-refractivity contribution >= 4 is 23.3 Å². The lowest BCUT2D eigenvalue weighted by atomic mass is 10.2. The molecule has 0 radical (unpaired) electrons. The van der Waals surface area contributed by atoms with E-state index in [1.165, 1.54) is 0 Å². The van der Waals surface area contributed by atoms with Crippen molar-refractivity contribution in [1.82, 2.24) is 15.1 Å². The standard InChI is InChI=1S/C21H21ClN4O/c1-2-26(15-16-8-4-3-5-9-16)21(27)19-12-13-20(25-24-19)23-14-17-10-6-7-11-18(17)22/h3-13H,2,14-15H2,1H3,(H,23,25). The number of amides is 1. The summed E-state index contributed by atoms with van der Waals surface area (Å²) in [5, 5.41) is 12.1. The molecule has 3 aromatic rings. The molecular weight excluding hydrogens is 360 g/mol. The molecule has 1 aromatic heterocycles. The zero-order valence-corrected chi connectivity index (χ0v) is 15.9. The van der Waals surface area contributed by atoms with Crippen LogP contribution in [0.5, 0.6) is 0 Å². The van der Waals surface area contributed by atoms with Crippen molar-refractivity contribution in [3.63, 3.8) is 0 Å². The van der Waals surface area contributed by atoms with Crippen LogP contribution in [0, 0.1) is 0 Å². The summed E-state index contributed by atoms with van der Waals surface area (Å²) < 4.78 is 0. The van der Waals surface area contributed by atoms with Crippen molar-refractivity contribution in [2.75, 3.05) is 11.9 Å². The zero-order valence-electron chi connectivity index (χ0n) is 15.1. The van der Waals surface area contributed by atoms with Gasteiger partial charge >= 0.3 is 0 Å². The number of aromatic nitrogens is 2. The van der Waals surface area contributed by atoms with Crippen LogP contribution in [0.25, 0.3) is 0 Å². The summed E-state index contributed by atoms with van der Waals surface area (Å²) >= 11 is 6.15. The number of carbonyl (C=O) groups is 1. The quantitative estimate of drug-likeness (QED) is 0.659. The predicted molar refractivity (Wildman–Crippen MR) is 108 cm³/mol. The fraction of sp³-hybridized carbons (Fsp3) is 0.190. The van der Waals surface area contributed by atoms with Crippen LogP contribution >= 0.6 is 11.6 Å². The van der Waals surface area contributed by atoms with Gasteiger partial charge in [0.1, 0.15) is 5.82 Å². The molecule has 1 heterocycles. The van der Waals surface area contributed by atoms with Gasteiger partial charge in [-0.3, -0.25) is 4.79 Å². The van der Waals surface area contributed by atoms with E-state index < -0.39 is 0 Å². The van der Waals surface area contributed by atoms with E-state index in [4.69, 9.17) is 11.6 Å². The third-order valence-electron chi connectivity index (χ3n) is 4.19. The van der Waals surface area contributed by atoms with Crippen molar-refractivity contribution in [3.05, 3.63) is 88.6 Å². The second-order valence-corrected chi connectivity index (χ2v) is 6.46. The number of benzene rings is 2. The van der Waals surface area contributed by atoms with Crippen molar-refractivity contribution in [2.45, 2.75) is 20.0 Å². The van der Waals surface area contributed by atoms with E-state index >= 15 is 0 Å². The monoisotopic (exact) mass is 380 g/mol. The van der Waals surface area contributed by atoms with Crippen molar-refractivity contribution in [3.8, 4) is 0 Å². The average Bonchev–Trinajstić information content (AvgIpc) is 2.72. The molecule has 1 amide bonds. The Labute approximate surface area is 164 Å². The molecule has 5 nitrogen and oxygen atoms in total. The molecule has 0 saturated carbocycles. The van der Waals surface area contributed by atoms with Crippen molar-refractivity contribution in [2.24, 2.45) is 0 Å². The maximum Gasteiger partial charge on any atom is 0.274 e. The van der Waals surface area contributed by atoms with Gasteiger partial charge < -0.3 is 10.2 Å². The van der Waals surface area contributed by atoms with Crippen LogP contribution < -0.4 is 5.32 Å². The number of carbonyl (C=O) groups excluding carboxylic acids is 1. The van der Waals surface area contributed by atoms with E-state index in [0.29, 0.717) is 36.2 Å². The first-order valence-electron chi connectivity index (χ1n) is 8.81. The third-order valence-corrected chi connectivity index (χ3v) is 4.56. The average molecular weight is 381 g/mol. The zero-order chi connectivity index (χ0) is 19.1. The van der Waals surface area contributed by atoms with Gasteiger partial charge in [-0.05, 0) is 36.2 Å². The lowest BCUT2D eigenvalue weighted by Crippen LogP contribution is -2.31. The molecule has 0 spiro atoms. The van der Waals surface area contributed by atoms with E-state index in [1.54, 1.807) is 17.0 Å². The molecule has 0 bridgehead atoms.